The predicted molar refractivity (Wildman–Crippen MR) is 101 cm³/mol. The van der Waals surface area contributed by atoms with Gasteiger partial charge in [0.1, 0.15) is 0 Å². The van der Waals surface area contributed by atoms with Crippen LogP contribution in [-0.2, 0) is 0 Å². The zero-order valence-electron chi connectivity index (χ0n) is 15.4. The third kappa shape index (κ3) is 6.38. The van der Waals surface area contributed by atoms with E-state index in [1.807, 2.05) is 0 Å². The molecule has 1 saturated carbocycles. The van der Waals surface area contributed by atoms with Crippen molar-refractivity contribution in [1.29, 1.82) is 0 Å². The summed E-state index contributed by atoms with van der Waals surface area (Å²) < 4.78 is 0. The van der Waals surface area contributed by atoms with Gasteiger partial charge < -0.3 is 0 Å². The molecular weight excluding hydrogens is 264 g/mol. The first-order valence-corrected chi connectivity index (χ1v) is 9.24. The van der Waals surface area contributed by atoms with Crippen LogP contribution in [-0.4, -0.2) is 0 Å². The fourth-order valence-corrected chi connectivity index (χ4v) is 3.71. The molecule has 0 aromatic rings. The monoisotopic (exact) mass is 300 g/mol. The topological polar surface area (TPSA) is 0 Å². The second kappa shape index (κ2) is 9.87. The summed E-state index contributed by atoms with van der Waals surface area (Å²) in [4.78, 5) is 0. The van der Waals surface area contributed by atoms with Crippen LogP contribution in [0.4, 0.5) is 0 Å². The molecule has 0 aromatic carbocycles. The van der Waals surface area contributed by atoms with E-state index < -0.39 is 0 Å². The molecule has 124 valence electrons. The Balaban J connectivity index is 0.000000224. The largest absolute Gasteiger partial charge is 0.0808 e. The van der Waals surface area contributed by atoms with Crippen LogP contribution in [0.1, 0.15) is 66.7 Å². The van der Waals surface area contributed by atoms with Crippen molar-refractivity contribution in [1.82, 2.24) is 0 Å². The van der Waals surface area contributed by atoms with Gasteiger partial charge in [0.05, 0.1) is 0 Å². The highest BCUT2D eigenvalue weighted by Crippen LogP contribution is 2.50. The smallest absolute Gasteiger partial charge is 0.00756 e. The summed E-state index contributed by atoms with van der Waals surface area (Å²) in [5.41, 5.74) is 0.628. The molecule has 0 heteroatoms. The van der Waals surface area contributed by atoms with Crippen LogP contribution in [0.5, 0.6) is 0 Å². The van der Waals surface area contributed by atoms with Gasteiger partial charge >= 0.3 is 0 Å². The lowest BCUT2D eigenvalue weighted by atomic mass is 9.83. The van der Waals surface area contributed by atoms with Crippen LogP contribution in [0, 0.1) is 23.2 Å². The Labute approximate surface area is 139 Å². The molecule has 3 rings (SSSR count). The molecule has 3 aliphatic rings. The predicted octanol–water partition coefficient (Wildman–Crippen LogP) is 7.11. The minimum absolute atomic E-state index is 0.628. The Hall–Kier alpha value is -1.04. The van der Waals surface area contributed by atoms with Crippen LogP contribution in [0.25, 0.3) is 0 Å². The highest BCUT2D eigenvalue weighted by Gasteiger charge is 2.39. The van der Waals surface area contributed by atoms with Crippen LogP contribution in [0.3, 0.4) is 0 Å². The molecule has 2 atom stereocenters. The van der Waals surface area contributed by atoms with E-state index >= 15 is 0 Å². The molecule has 0 amide bonds. The van der Waals surface area contributed by atoms with E-state index in [-0.39, 0.29) is 0 Å². The third-order valence-corrected chi connectivity index (χ3v) is 4.63. The molecule has 0 radical (unpaired) electrons. The molecule has 2 unspecified atom stereocenters. The third-order valence-electron chi connectivity index (χ3n) is 4.63. The van der Waals surface area contributed by atoms with Gasteiger partial charge in [-0.3, -0.25) is 0 Å². The van der Waals surface area contributed by atoms with Gasteiger partial charge in [0, 0.05) is 0 Å². The van der Waals surface area contributed by atoms with E-state index in [0.717, 1.165) is 11.8 Å². The molecule has 0 aromatic heterocycles. The highest BCUT2D eigenvalue weighted by molar-refractivity contribution is 5.18. The first-order chi connectivity index (χ1) is 10.5. The Morgan fingerprint density at radius 2 is 1.23 bits per heavy atom. The lowest BCUT2D eigenvalue weighted by molar-refractivity contribution is 0.294. The maximum absolute atomic E-state index is 2.47. The fraction of sp³-hybridized carbons (Fsp3) is 0.636. The lowest BCUT2D eigenvalue weighted by Crippen LogP contribution is -2.10. The van der Waals surface area contributed by atoms with E-state index in [9.17, 15) is 0 Å². The van der Waals surface area contributed by atoms with Gasteiger partial charge in [-0.05, 0) is 42.4 Å². The average molecular weight is 301 g/mol. The molecule has 0 bridgehead atoms. The standard InChI is InChI=1S/C13H20.C6H8.C3H8/c1-3-8-13(2)9-11-6-4-5-7-12(11)10-13;1-6-4-2-3-5-6;1-3-2/h4-7,11-12H,3,8-10H2,1-2H3;2-6H,1H3;3H2,1-2H3. The number of hydrogen-bond donors (Lipinski definition) is 0. The zero-order valence-corrected chi connectivity index (χ0v) is 15.4. The maximum atomic E-state index is 2.47. The van der Waals surface area contributed by atoms with Crippen LogP contribution < -0.4 is 0 Å². The molecule has 0 saturated heterocycles. The summed E-state index contributed by atoms with van der Waals surface area (Å²) >= 11 is 0. The van der Waals surface area contributed by atoms with Gasteiger partial charge in [0.15, 0.2) is 0 Å². The van der Waals surface area contributed by atoms with Gasteiger partial charge in [-0.2, -0.15) is 0 Å². The van der Waals surface area contributed by atoms with Gasteiger partial charge in [-0.15, -0.1) is 0 Å². The van der Waals surface area contributed by atoms with Crippen molar-refractivity contribution < 1.29 is 0 Å². The van der Waals surface area contributed by atoms with Gasteiger partial charge in [0.2, 0.25) is 0 Å². The van der Waals surface area contributed by atoms with Crippen molar-refractivity contribution in [3.63, 3.8) is 0 Å². The van der Waals surface area contributed by atoms with Crippen molar-refractivity contribution >= 4 is 0 Å². The van der Waals surface area contributed by atoms with Crippen molar-refractivity contribution in [3.05, 3.63) is 48.6 Å². The van der Waals surface area contributed by atoms with Crippen LogP contribution in [0.15, 0.2) is 48.6 Å². The van der Waals surface area contributed by atoms with E-state index in [1.165, 1.54) is 32.1 Å². The first-order valence-electron chi connectivity index (χ1n) is 9.24. The van der Waals surface area contributed by atoms with Gasteiger partial charge in [0.25, 0.3) is 0 Å². The molecule has 1 fully saturated rings. The number of hydrogen-bond acceptors (Lipinski definition) is 0. The van der Waals surface area contributed by atoms with Crippen LogP contribution in [0.2, 0.25) is 0 Å². The molecular formula is C22H36. The molecule has 0 heterocycles. The second-order valence-corrected chi connectivity index (χ2v) is 7.40. The molecule has 0 nitrogen and oxygen atoms in total. The fourth-order valence-electron chi connectivity index (χ4n) is 3.71. The summed E-state index contributed by atoms with van der Waals surface area (Å²) in [6.45, 7) is 11.2. The molecule has 0 aliphatic heterocycles. The molecule has 0 spiro atoms. The van der Waals surface area contributed by atoms with Crippen molar-refractivity contribution in [2.45, 2.75) is 66.7 Å². The normalized spacial score (nSPS) is 31.3. The zero-order chi connectivity index (χ0) is 16.4. The summed E-state index contributed by atoms with van der Waals surface area (Å²) in [7, 11) is 0. The molecule has 3 aliphatic carbocycles. The molecule has 0 N–H and O–H groups in total. The summed E-state index contributed by atoms with van der Waals surface area (Å²) in [5, 5.41) is 0. The second-order valence-electron chi connectivity index (χ2n) is 7.40. The lowest BCUT2D eigenvalue weighted by Gasteiger charge is -2.22. The average Bonchev–Trinajstić information content (AvgIpc) is 3.06. The van der Waals surface area contributed by atoms with Crippen molar-refractivity contribution in [3.8, 4) is 0 Å². The van der Waals surface area contributed by atoms with E-state index in [4.69, 9.17) is 0 Å². The number of fused-ring (bicyclic) bond motifs is 1. The van der Waals surface area contributed by atoms with E-state index in [1.54, 1.807) is 0 Å². The Morgan fingerprint density at radius 3 is 1.55 bits per heavy atom. The minimum Gasteiger partial charge on any atom is -0.0808 e. The maximum Gasteiger partial charge on any atom is -0.00756 e. The van der Waals surface area contributed by atoms with Crippen molar-refractivity contribution in [2.24, 2.45) is 23.2 Å². The Kier molecular flexibility index (Phi) is 8.53. The summed E-state index contributed by atoms with van der Waals surface area (Å²) in [6.07, 6.45) is 24.5. The SMILES string of the molecule is CC1C=CC=C1.CCC.CCCC1(C)CC2C=CC=CC2C1. The molecule has 22 heavy (non-hydrogen) atoms. The summed E-state index contributed by atoms with van der Waals surface area (Å²) in [5.74, 6) is 2.38. The van der Waals surface area contributed by atoms with Gasteiger partial charge in [-0.25, -0.2) is 0 Å². The van der Waals surface area contributed by atoms with Crippen LogP contribution >= 0.6 is 0 Å². The van der Waals surface area contributed by atoms with E-state index in [0.29, 0.717) is 11.3 Å². The van der Waals surface area contributed by atoms with Gasteiger partial charge in [-0.1, -0.05) is 96.1 Å². The number of allylic oxidation sites excluding steroid dienone is 8. The van der Waals surface area contributed by atoms with E-state index in [2.05, 4.69) is 83.2 Å². The first kappa shape index (κ1) is 19.0. The minimum atomic E-state index is 0.628. The summed E-state index contributed by atoms with van der Waals surface area (Å²) in [6, 6.07) is 0. The van der Waals surface area contributed by atoms with Crippen molar-refractivity contribution in [2.75, 3.05) is 0 Å². The number of rotatable bonds is 2. The Morgan fingerprint density at radius 1 is 0.818 bits per heavy atom. The Bertz CT molecular complexity index is 376. The quantitative estimate of drug-likeness (QED) is 0.509. The highest BCUT2D eigenvalue weighted by atomic mass is 14.4.